The number of halogens is 1. The molecule has 0 bridgehead atoms. The summed E-state index contributed by atoms with van der Waals surface area (Å²) in [5.41, 5.74) is 1.52. The second-order valence-corrected chi connectivity index (χ2v) is 10.1. The number of benzene rings is 2. The fourth-order valence-electron chi connectivity index (χ4n) is 4.73. The van der Waals surface area contributed by atoms with Gasteiger partial charge in [-0.15, -0.1) is 5.10 Å². The summed E-state index contributed by atoms with van der Waals surface area (Å²) in [7, 11) is 0. The lowest BCUT2D eigenvalue weighted by atomic mass is 10.1. The predicted octanol–water partition coefficient (Wildman–Crippen LogP) is 3.78. The zero-order valence-electron chi connectivity index (χ0n) is 20.0. The van der Waals surface area contributed by atoms with Gasteiger partial charge in [-0.05, 0) is 37.5 Å². The van der Waals surface area contributed by atoms with Crippen molar-refractivity contribution in [2.45, 2.75) is 38.3 Å². The number of carbonyl (C=O) groups excluding carboxylic acids is 1. The largest absolute Gasteiger partial charge is 0.442 e. The molecule has 1 saturated heterocycles. The van der Waals surface area contributed by atoms with Crippen molar-refractivity contribution in [1.29, 1.82) is 0 Å². The van der Waals surface area contributed by atoms with Crippen molar-refractivity contribution in [1.82, 2.24) is 24.6 Å². The van der Waals surface area contributed by atoms with Gasteiger partial charge in [0.15, 0.2) is 16.6 Å². The standard InChI is InChI=1S/C26H24FN5O4S/c1-15-25(37-24(28-15)23(33)29-17-11-12-35-14-17)36-21-9-7-18(13-19(21)27)32-26(34)31-20(8-10-22(31)30-32)16-5-3-2-4-6-16/h2-7,9,13,17,20H,8,10-12,14H2,1H3,(H,29,33)/t17?,20-/m0/s1. The van der Waals surface area contributed by atoms with Gasteiger partial charge in [0.1, 0.15) is 5.82 Å². The summed E-state index contributed by atoms with van der Waals surface area (Å²) < 4.78 is 29.0. The Bertz CT molecular complexity index is 1520. The summed E-state index contributed by atoms with van der Waals surface area (Å²) in [6.07, 6.45) is 2.22. The zero-order chi connectivity index (χ0) is 25.5. The first kappa shape index (κ1) is 23.6. The minimum Gasteiger partial charge on any atom is -0.442 e. The maximum Gasteiger partial charge on any atom is 0.351 e. The zero-order valence-corrected chi connectivity index (χ0v) is 20.8. The van der Waals surface area contributed by atoms with Crippen LogP contribution >= 0.6 is 11.3 Å². The summed E-state index contributed by atoms with van der Waals surface area (Å²) in [4.78, 5) is 30.0. The maximum absolute atomic E-state index is 15.1. The molecule has 1 amide bonds. The number of thiazole rings is 1. The molecule has 2 aromatic carbocycles. The second-order valence-electron chi connectivity index (χ2n) is 9.09. The van der Waals surface area contributed by atoms with Gasteiger partial charge >= 0.3 is 5.69 Å². The van der Waals surface area contributed by atoms with Crippen LogP contribution in [0.1, 0.15) is 45.8 Å². The van der Waals surface area contributed by atoms with Gasteiger partial charge in [-0.25, -0.2) is 14.2 Å². The van der Waals surface area contributed by atoms with Gasteiger partial charge in [0, 0.05) is 19.1 Å². The highest BCUT2D eigenvalue weighted by Crippen LogP contribution is 2.34. The van der Waals surface area contributed by atoms with Gasteiger partial charge in [-0.3, -0.25) is 9.36 Å². The molecule has 4 aromatic rings. The van der Waals surface area contributed by atoms with Crippen LogP contribution in [0.4, 0.5) is 4.39 Å². The third-order valence-corrected chi connectivity index (χ3v) is 7.63. The number of carbonyl (C=O) groups is 1. The Morgan fingerprint density at radius 1 is 1.22 bits per heavy atom. The van der Waals surface area contributed by atoms with Gasteiger partial charge in [0.2, 0.25) is 5.06 Å². The number of hydrogen-bond acceptors (Lipinski definition) is 7. The van der Waals surface area contributed by atoms with E-state index in [1.807, 2.05) is 30.3 Å². The third kappa shape index (κ3) is 4.44. The molecule has 2 aliphatic heterocycles. The van der Waals surface area contributed by atoms with Crippen LogP contribution in [-0.2, 0) is 11.2 Å². The Morgan fingerprint density at radius 3 is 2.81 bits per heavy atom. The van der Waals surface area contributed by atoms with Crippen LogP contribution in [0.5, 0.6) is 10.8 Å². The number of amides is 1. The van der Waals surface area contributed by atoms with Gasteiger partial charge in [-0.2, -0.15) is 4.68 Å². The molecule has 6 rings (SSSR count). The van der Waals surface area contributed by atoms with Crippen molar-refractivity contribution in [3.63, 3.8) is 0 Å². The van der Waals surface area contributed by atoms with E-state index >= 15 is 4.39 Å². The summed E-state index contributed by atoms with van der Waals surface area (Å²) in [6, 6.07) is 13.9. The lowest BCUT2D eigenvalue weighted by Crippen LogP contribution is -2.34. The van der Waals surface area contributed by atoms with E-state index in [4.69, 9.17) is 9.47 Å². The fraction of sp³-hybridized carbons (Fsp3) is 0.308. The van der Waals surface area contributed by atoms with Crippen LogP contribution in [0.15, 0.2) is 53.3 Å². The molecule has 37 heavy (non-hydrogen) atoms. The number of nitrogens with one attached hydrogen (secondary N) is 1. The highest BCUT2D eigenvalue weighted by molar-refractivity contribution is 7.15. The van der Waals surface area contributed by atoms with Crippen molar-refractivity contribution >= 4 is 17.2 Å². The molecule has 0 radical (unpaired) electrons. The molecule has 1 N–H and O–H groups in total. The quantitative estimate of drug-likeness (QED) is 0.415. The van der Waals surface area contributed by atoms with E-state index in [-0.39, 0.29) is 34.4 Å². The van der Waals surface area contributed by atoms with E-state index in [2.05, 4.69) is 15.4 Å². The highest BCUT2D eigenvalue weighted by atomic mass is 32.1. The molecule has 190 valence electrons. The van der Waals surface area contributed by atoms with Crippen molar-refractivity contribution < 1.29 is 18.7 Å². The van der Waals surface area contributed by atoms with E-state index in [0.29, 0.717) is 41.9 Å². The summed E-state index contributed by atoms with van der Waals surface area (Å²) in [5.74, 6) is -0.321. The van der Waals surface area contributed by atoms with E-state index < -0.39 is 5.82 Å². The Labute approximate surface area is 215 Å². The number of fused-ring (bicyclic) bond motifs is 1. The topological polar surface area (TPSA) is 100 Å². The van der Waals surface area contributed by atoms with E-state index in [1.165, 1.54) is 16.8 Å². The van der Waals surface area contributed by atoms with E-state index in [0.717, 1.165) is 29.7 Å². The molecule has 0 saturated carbocycles. The predicted molar refractivity (Wildman–Crippen MR) is 134 cm³/mol. The average molecular weight is 522 g/mol. The number of hydrogen-bond donors (Lipinski definition) is 1. The van der Waals surface area contributed by atoms with Crippen LogP contribution in [0.25, 0.3) is 5.69 Å². The van der Waals surface area contributed by atoms with Crippen LogP contribution in [-0.4, -0.2) is 44.5 Å². The Hall–Kier alpha value is -3.83. The molecular formula is C26H24FN5O4S. The third-order valence-electron chi connectivity index (χ3n) is 6.59. The molecule has 11 heteroatoms. The highest BCUT2D eigenvalue weighted by Gasteiger charge is 2.29. The van der Waals surface area contributed by atoms with Crippen molar-refractivity contribution in [3.8, 4) is 16.5 Å². The minimum absolute atomic E-state index is 0.0337. The molecule has 1 fully saturated rings. The maximum atomic E-state index is 15.1. The van der Waals surface area contributed by atoms with Crippen LogP contribution in [0.2, 0.25) is 0 Å². The molecule has 2 aromatic heterocycles. The van der Waals surface area contributed by atoms with Crippen LogP contribution in [0, 0.1) is 12.7 Å². The van der Waals surface area contributed by atoms with Crippen molar-refractivity contribution in [2.75, 3.05) is 13.2 Å². The number of aromatic nitrogens is 4. The van der Waals surface area contributed by atoms with E-state index in [1.54, 1.807) is 17.6 Å². The normalized spacial score (nSPS) is 18.6. The second kappa shape index (κ2) is 9.56. The molecule has 1 unspecified atom stereocenters. The van der Waals surface area contributed by atoms with Gasteiger partial charge in [0.25, 0.3) is 5.91 Å². The van der Waals surface area contributed by atoms with Crippen LogP contribution < -0.4 is 15.7 Å². The Kier molecular flexibility index (Phi) is 6.09. The number of aryl methyl sites for hydroxylation is 2. The lowest BCUT2D eigenvalue weighted by Gasteiger charge is -2.12. The van der Waals surface area contributed by atoms with Crippen molar-refractivity contribution in [3.05, 3.63) is 86.9 Å². The first-order valence-corrected chi connectivity index (χ1v) is 12.9. The fourth-order valence-corrected chi connectivity index (χ4v) is 5.56. The number of ether oxygens (including phenoxy) is 2. The number of rotatable bonds is 6. The van der Waals surface area contributed by atoms with E-state index in [9.17, 15) is 9.59 Å². The Balaban J connectivity index is 1.22. The molecule has 0 aliphatic carbocycles. The summed E-state index contributed by atoms with van der Waals surface area (Å²) in [5, 5.41) is 7.91. The first-order chi connectivity index (χ1) is 18.0. The molecular weight excluding hydrogens is 497 g/mol. The van der Waals surface area contributed by atoms with Gasteiger partial charge < -0.3 is 14.8 Å². The average Bonchev–Trinajstić information content (AvgIpc) is 3.68. The number of nitrogens with zero attached hydrogens (tertiary/aromatic N) is 4. The lowest BCUT2D eigenvalue weighted by molar-refractivity contribution is 0.0929. The molecule has 2 atom stereocenters. The minimum atomic E-state index is -0.654. The first-order valence-electron chi connectivity index (χ1n) is 12.1. The monoisotopic (exact) mass is 521 g/mol. The van der Waals surface area contributed by atoms with Gasteiger partial charge in [-0.1, -0.05) is 41.7 Å². The summed E-state index contributed by atoms with van der Waals surface area (Å²) >= 11 is 1.05. The van der Waals surface area contributed by atoms with Crippen molar-refractivity contribution in [2.24, 2.45) is 0 Å². The molecule has 0 spiro atoms. The molecule has 2 aliphatic rings. The smallest absolute Gasteiger partial charge is 0.351 e. The SMILES string of the molecule is Cc1nc(C(=O)NC2CCOC2)sc1Oc1ccc(-n2nc3n(c2=O)[C@H](c2ccccc2)CC3)cc1F. The molecule has 4 heterocycles. The Morgan fingerprint density at radius 2 is 2.05 bits per heavy atom. The van der Waals surface area contributed by atoms with Gasteiger partial charge in [0.05, 0.1) is 30.1 Å². The summed E-state index contributed by atoms with van der Waals surface area (Å²) in [6.45, 7) is 2.79. The van der Waals surface area contributed by atoms with Crippen LogP contribution in [0.3, 0.4) is 0 Å². The molecule has 9 nitrogen and oxygen atoms in total.